The predicted octanol–water partition coefficient (Wildman–Crippen LogP) is 0.344. The Balaban J connectivity index is 2.29. The second kappa shape index (κ2) is 6.21. The van der Waals surface area contributed by atoms with Crippen molar-refractivity contribution in [1.82, 2.24) is 0 Å². The number of amides is 2. The summed E-state index contributed by atoms with van der Waals surface area (Å²) in [5.74, 6) is -2.51. The van der Waals surface area contributed by atoms with E-state index in [1.54, 1.807) is 18.2 Å². The number of benzene rings is 1. The van der Waals surface area contributed by atoms with E-state index in [0.717, 1.165) is 12.8 Å². The predicted molar refractivity (Wildman–Crippen MR) is 74.1 cm³/mol. The molecule has 0 aliphatic heterocycles. The number of carboxylic acid groups (broad SMARTS) is 1. The molecule has 6 nitrogen and oxygen atoms in total. The van der Waals surface area contributed by atoms with Crippen molar-refractivity contribution in [3.63, 3.8) is 0 Å². The number of primary amides is 1. The summed E-state index contributed by atoms with van der Waals surface area (Å²) in [7, 11) is 0. The van der Waals surface area contributed by atoms with Gasteiger partial charge < -0.3 is 21.0 Å². The smallest absolute Gasteiger partial charge is 0.251 e. The van der Waals surface area contributed by atoms with Gasteiger partial charge in [0.05, 0.1) is 17.2 Å². The first-order valence-corrected chi connectivity index (χ1v) is 6.64. The Bertz CT molecular complexity index is 634. The molecule has 2 amide bonds. The lowest BCUT2D eigenvalue weighted by molar-refractivity contribution is -0.299. The van der Waals surface area contributed by atoms with Crippen LogP contribution in [0.1, 0.15) is 36.0 Å². The molecule has 2 rings (SSSR count). The Morgan fingerprint density at radius 1 is 1.05 bits per heavy atom. The molecular weight excluding hydrogens is 272 g/mol. The molecule has 0 saturated carbocycles. The lowest BCUT2D eigenvalue weighted by Crippen LogP contribution is -2.30. The van der Waals surface area contributed by atoms with Crippen molar-refractivity contribution in [3.05, 3.63) is 41.0 Å². The van der Waals surface area contributed by atoms with Crippen molar-refractivity contribution in [1.29, 1.82) is 0 Å². The molecule has 0 heterocycles. The van der Waals surface area contributed by atoms with E-state index < -0.39 is 17.8 Å². The third-order valence-electron chi connectivity index (χ3n) is 3.43. The van der Waals surface area contributed by atoms with Crippen LogP contribution in [0.2, 0.25) is 0 Å². The Kier molecular flexibility index (Phi) is 4.37. The molecule has 0 radical (unpaired) electrons. The van der Waals surface area contributed by atoms with Crippen molar-refractivity contribution < 1.29 is 19.5 Å². The van der Waals surface area contributed by atoms with Gasteiger partial charge in [0.2, 0.25) is 0 Å². The minimum Gasteiger partial charge on any atom is -0.545 e. The number of carbonyl (C=O) groups is 3. The van der Waals surface area contributed by atoms with Crippen LogP contribution in [0.25, 0.3) is 0 Å². The Morgan fingerprint density at radius 2 is 1.67 bits per heavy atom. The van der Waals surface area contributed by atoms with Gasteiger partial charge in [-0.3, -0.25) is 9.59 Å². The fourth-order valence-electron chi connectivity index (χ4n) is 2.39. The number of nitrogens with two attached hydrogens (primary N) is 1. The van der Waals surface area contributed by atoms with Crippen LogP contribution in [0.3, 0.4) is 0 Å². The van der Waals surface area contributed by atoms with Gasteiger partial charge in [-0.1, -0.05) is 12.1 Å². The van der Waals surface area contributed by atoms with E-state index in [1.165, 1.54) is 6.07 Å². The molecule has 0 saturated heterocycles. The number of carbonyl (C=O) groups excluding carboxylic acids is 3. The zero-order valence-electron chi connectivity index (χ0n) is 11.3. The van der Waals surface area contributed by atoms with Crippen molar-refractivity contribution in [2.45, 2.75) is 25.7 Å². The van der Waals surface area contributed by atoms with Gasteiger partial charge in [-0.2, -0.15) is 0 Å². The zero-order chi connectivity index (χ0) is 15.4. The number of nitrogens with one attached hydrogen (secondary N) is 1. The highest BCUT2D eigenvalue weighted by Crippen LogP contribution is 2.26. The zero-order valence-corrected chi connectivity index (χ0v) is 11.3. The van der Waals surface area contributed by atoms with Crippen LogP contribution in [-0.2, 0) is 9.59 Å². The first-order chi connectivity index (χ1) is 10.0. The molecule has 3 N–H and O–H groups in total. The molecule has 6 heteroatoms. The van der Waals surface area contributed by atoms with Gasteiger partial charge in [0.15, 0.2) is 0 Å². The van der Waals surface area contributed by atoms with Crippen molar-refractivity contribution >= 4 is 23.5 Å². The molecule has 0 spiro atoms. The number of anilines is 1. The minimum absolute atomic E-state index is 0.0373. The Morgan fingerprint density at radius 3 is 2.29 bits per heavy atom. The van der Waals surface area contributed by atoms with Crippen LogP contribution in [0.5, 0.6) is 0 Å². The first-order valence-electron chi connectivity index (χ1n) is 6.64. The largest absolute Gasteiger partial charge is 0.545 e. The SMILES string of the molecule is NC(=O)c1ccccc1NC(=O)C1=C(C(=O)[O-])CCCC1. The summed E-state index contributed by atoms with van der Waals surface area (Å²) in [4.78, 5) is 34.6. The van der Waals surface area contributed by atoms with Gasteiger partial charge in [0.1, 0.15) is 0 Å². The fourth-order valence-corrected chi connectivity index (χ4v) is 2.39. The molecular formula is C15H15N2O4-. The maximum Gasteiger partial charge on any atom is 0.251 e. The number of carboxylic acids is 1. The summed E-state index contributed by atoms with van der Waals surface area (Å²) in [5.41, 5.74) is 5.93. The molecule has 110 valence electrons. The maximum atomic E-state index is 12.2. The van der Waals surface area contributed by atoms with Gasteiger partial charge in [-0.05, 0) is 43.4 Å². The molecule has 1 aromatic carbocycles. The van der Waals surface area contributed by atoms with Crippen LogP contribution < -0.4 is 16.2 Å². The summed E-state index contributed by atoms with van der Waals surface area (Å²) >= 11 is 0. The molecule has 0 fully saturated rings. The molecule has 1 aliphatic carbocycles. The number of hydrogen-bond donors (Lipinski definition) is 2. The number of para-hydroxylation sites is 1. The van der Waals surface area contributed by atoms with Gasteiger partial charge in [-0.25, -0.2) is 0 Å². The summed E-state index contributed by atoms with van der Waals surface area (Å²) in [6, 6.07) is 6.31. The van der Waals surface area contributed by atoms with E-state index in [-0.39, 0.29) is 22.4 Å². The monoisotopic (exact) mass is 287 g/mol. The quantitative estimate of drug-likeness (QED) is 0.831. The molecule has 0 aromatic heterocycles. The fraction of sp³-hybridized carbons (Fsp3) is 0.267. The maximum absolute atomic E-state index is 12.2. The summed E-state index contributed by atoms with van der Waals surface area (Å²) < 4.78 is 0. The highest BCUT2D eigenvalue weighted by Gasteiger charge is 2.21. The van der Waals surface area contributed by atoms with Crippen molar-refractivity contribution in [3.8, 4) is 0 Å². The summed E-state index contributed by atoms with van der Waals surface area (Å²) in [6.45, 7) is 0. The topological polar surface area (TPSA) is 112 Å². The highest BCUT2D eigenvalue weighted by atomic mass is 16.4. The summed E-state index contributed by atoms with van der Waals surface area (Å²) in [5, 5.41) is 13.6. The van der Waals surface area contributed by atoms with E-state index >= 15 is 0 Å². The Labute approximate surface area is 121 Å². The number of hydrogen-bond acceptors (Lipinski definition) is 4. The van der Waals surface area contributed by atoms with Crippen LogP contribution >= 0.6 is 0 Å². The lowest BCUT2D eigenvalue weighted by atomic mass is 9.91. The average molecular weight is 287 g/mol. The second-order valence-electron chi connectivity index (χ2n) is 4.82. The van der Waals surface area contributed by atoms with Gasteiger partial charge in [0, 0.05) is 5.57 Å². The van der Waals surface area contributed by atoms with Gasteiger partial charge >= 0.3 is 0 Å². The standard InChI is InChI=1S/C15H16N2O4/c16-13(18)11-7-3-4-8-12(11)17-14(19)9-5-1-2-6-10(9)15(20)21/h3-4,7-8H,1-2,5-6H2,(H2,16,18)(H,17,19)(H,20,21)/p-1. The van der Waals surface area contributed by atoms with E-state index in [0.29, 0.717) is 12.8 Å². The first kappa shape index (κ1) is 14.8. The van der Waals surface area contributed by atoms with Crippen LogP contribution in [0.15, 0.2) is 35.4 Å². The van der Waals surface area contributed by atoms with Gasteiger partial charge in [-0.15, -0.1) is 0 Å². The van der Waals surface area contributed by atoms with Crippen molar-refractivity contribution in [2.24, 2.45) is 5.73 Å². The highest BCUT2D eigenvalue weighted by molar-refractivity contribution is 6.11. The van der Waals surface area contributed by atoms with E-state index in [4.69, 9.17) is 5.73 Å². The molecule has 21 heavy (non-hydrogen) atoms. The normalized spacial score (nSPS) is 14.7. The third-order valence-corrected chi connectivity index (χ3v) is 3.43. The number of aliphatic carboxylic acids is 1. The average Bonchev–Trinajstić information content (AvgIpc) is 2.47. The van der Waals surface area contributed by atoms with E-state index in [9.17, 15) is 19.5 Å². The Hall–Kier alpha value is -2.63. The molecule has 0 atom stereocenters. The van der Waals surface area contributed by atoms with E-state index in [1.807, 2.05) is 0 Å². The molecule has 0 unspecified atom stereocenters. The van der Waals surface area contributed by atoms with Crippen LogP contribution in [0, 0.1) is 0 Å². The third kappa shape index (κ3) is 3.28. The minimum atomic E-state index is -1.32. The van der Waals surface area contributed by atoms with E-state index in [2.05, 4.69) is 5.32 Å². The van der Waals surface area contributed by atoms with Crippen molar-refractivity contribution in [2.75, 3.05) is 5.32 Å². The summed E-state index contributed by atoms with van der Waals surface area (Å²) in [6.07, 6.45) is 2.17. The van der Waals surface area contributed by atoms with Crippen LogP contribution in [0.4, 0.5) is 5.69 Å². The molecule has 0 bridgehead atoms. The van der Waals surface area contributed by atoms with Gasteiger partial charge in [0.25, 0.3) is 11.8 Å². The molecule has 1 aromatic rings. The lowest BCUT2D eigenvalue weighted by Gasteiger charge is -2.20. The van der Waals surface area contributed by atoms with Crippen LogP contribution in [-0.4, -0.2) is 17.8 Å². The number of rotatable bonds is 4. The second-order valence-corrected chi connectivity index (χ2v) is 4.82. The molecule has 1 aliphatic rings.